The van der Waals surface area contributed by atoms with E-state index >= 15 is 0 Å². The lowest BCUT2D eigenvalue weighted by Crippen LogP contribution is -2.49. The molecule has 0 radical (unpaired) electrons. The van der Waals surface area contributed by atoms with Crippen LogP contribution in [0, 0.1) is 11.8 Å². The number of nitrogens with zero attached hydrogens (tertiary/aromatic N) is 6. The van der Waals surface area contributed by atoms with E-state index in [4.69, 9.17) is 0 Å². The van der Waals surface area contributed by atoms with Crippen LogP contribution in [0.25, 0.3) is 0 Å². The van der Waals surface area contributed by atoms with E-state index < -0.39 is 18.6 Å². The van der Waals surface area contributed by atoms with Gasteiger partial charge < -0.3 is 20.2 Å². The van der Waals surface area contributed by atoms with Gasteiger partial charge in [0.25, 0.3) is 11.8 Å². The Labute approximate surface area is 209 Å². The van der Waals surface area contributed by atoms with E-state index in [-0.39, 0.29) is 17.4 Å². The van der Waals surface area contributed by atoms with Crippen LogP contribution in [-0.2, 0) is 0 Å². The van der Waals surface area contributed by atoms with Gasteiger partial charge in [0.1, 0.15) is 12.3 Å². The summed E-state index contributed by atoms with van der Waals surface area (Å²) in [7, 11) is 0. The maximum atomic E-state index is 13.0. The predicted octanol–water partition coefficient (Wildman–Crippen LogP) is 1.63. The largest absolute Gasteiger partial charge is 0.506 e. The van der Waals surface area contributed by atoms with Crippen molar-refractivity contribution in [2.75, 3.05) is 37.6 Å². The first-order valence-electron chi connectivity index (χ1n) is 11.0. The van der Waals surface area contributed by atoms with Gasteiger partial charge in [-0.05, 0) is 24.3 Å². The van der Waals surface area contributed by atoms with Gasteiger partial charge in [-0.2, -0.15) is 13.2 Å². The van der Waals surface area contributed by atoms with Gasteiger partial charge in [0, 0.05) is 55.9 Å². The fourth-order valence-corrected chi connectivity index (χ4v) is 3.47. The highest BCUT2D eigenvalue weighted by Crippen LogP contribution is 2.16. The van der Waals surface area contributed by atoms with Crippen molar-refractivity contribution < 1.29 is 27.9 Å². The minimum atomic E-state index is -4.52. The van der Waals surface area contributed by atoms with Crippen molar-refractivity contribution in [2.45, 2.75) is 6.18 Å². The third-order valence-electron chi connectivity index (χ3n) is 5.28. The van der Waals surface area contributed by atoms with Gasteiger partial charge in [0.05, 0.1) is 11.8 Å². The summed E-state index contributed by atoms with van der Waals surface area (Å²) in [5.74, 6) is 5.03. The zero-order valence-corrected chi connectivity index (χ0v) is 19.2. The van der Waals surface area contributed by atoms with Crippen LogP contribution in [0.3, 0.4) is 0 Å². The molecule has 0 saturated carbocycles. The lowest BCUT2D eigenvalue weighted by Gasteiger charge is -2.35. The number of rotatable bonds is 4. The van der Waals surface area contributed by atoms with Gasteiger partial charge in [0.15, 0.2) is 11.5 Å². The number of carbonyl (C=O) groups excluding carboxylic acids is 2. The minimum Gasteiger partial charge on any atom is -0.506 e. The molecule has 13 heteroatoms. The molecule has 0 spiro atoms. The molecule has 2 N–H and O–H groups in total. The number of piperazine rings is 1. The van der Waals surface area contributed by atoms with Crippen LogP contribution in [0.1, 0.15) is 32.0 Å². The fourth-order valence-electron chi connectivity index (χ4n) is 3.47. The predicted molar refractivity (Wildman–Crippen MR) is 125 cm³/mol. The minimum absolute atomic E-state index is 0.00125. The number of aromatic nitrogens is 4. The zero-order valence-electron chi connectivity index (χ0n) is 19.2. The molecule has 0 bridgehead atoms. The van der Waals surface area contributed by atoms with Crippen LogP contribution >= 0.6 is 0 Å². The second-order valence-electron chi connectivity index (χ2n) is 8.00. The number of anilines is 1. The van der Waals surface area contributed by atoms with Gasteiger partial charge in [0.2, 0.25) is 0 Å². The Hall–Kier alpha value is -4.73. The molecule has 190 valence electrons. The monoisotopic (exact) mass is 511 g/mol. The third-order valence-corrected chi connectivity index (χ3v) is 5.28. The Morgan fingerprint density at radius 3 is 2.24 bits per heavy atom. The molecular formula is C24H20F3N7O3. The Morgan fingerprint density at radius 1 is 0.946 bits per heavy atom. The molecule has 0 aliphatic carbocycles. The first-order valence-corrected chi connectivity index (χ1v) is 11.0. The molecule has 3 aromatic rings. The van der Waals surface area contributed by atoms with Crippen LogP contribution in [0.15, 0.2) is 49.1 Å². The summed E-state index contributed by atoms with van der Waals surface area (Å²) in [6.45, 7) is 0.207. The normalized spacial score (nSPS) is 13.5. The van der Waals surface area contributed by atoms with Crippen molar-refractivity contribution >= 4 is 17.6 Å². The SMILES string of the molecule is O=C(NCC(F)(F)F)c1ccc(N2CCN(C(=O)c3cncc(C#Cc4cncc(O)c4)c3)CC2)nn1. The van der Waals surface area contributed by atoms with Crippen LogP contribution in [0.2, 0.25) is 0 Å². The van der Waals surface area contributed by atoms with E-state index in [2.05, 4.69) is 32.0 Å². The van der Waals surface area contributed by atoms with Crippen LogP contribution in [0.4, 0.5) is 19.0 Å². The van der Waals surface area contributed by atoms with E-state index in [9.17, 15) is 27.9 Å². The summed E-state index contributed by atoms with van der Waals surface area (Å²) >= 11 is 0. The standard InChI is InChI=1S/C24H20F3N7O3/c25-24(26,27)15-30-22(36)20-3-4-21(32-31-20)33-5-7-34(8-6-33)23(37)18-9-16(11-28-13-18)1-2-17-10-19(35)14-29-12-17/h3-4,9-14,35H,5-8,15H2,(H,30,36). The van der Waals surface area contributed by atoms with Crippen LogP contribution < -0.4 is 10.2 Å². The lowest BCUT2D eigenvalue weighted by molar-refractivity contribution is -0.123. The van der Waals surface area contributed by atoms with Crippen molar-refractivity contribution in [3.8, 4) is 17.6 Å². The van der Waals surface area contributed by atoms with E-state index in [1.165, 1.54) is 43.0 Å². The molecule has 4 rings (SSSR count). The first kappa shape index (κ1) is 25.4. The molecule has 0 unspecified atom stereocenters. The molecule has 4 heterocycles. The quantitative estimate of drug-likeness (QED) is 0.507. The Morgan fingerprint density at radius 2 is 1.62 bits per heavy atom. The van der Waals surface area contributed by atoms with Gasteiger partial charge >= 0.3 is 6.18 Å². The second kappa shape index (κ2) is 10.9. The van der Waals surface area contributed by atoms with E-state index in [0.29, 0.717) is 48.7 Å². The summed E-state index contributed by atoms with van der Waals surface area (Å²) in [4.78, 5) is 36.3. The average molecular weight is 511 g/mol. The van der Waals surface area contributed by atoms with Crippen LogP contribution in [-0.4, -0.2) is 80.9 Å². The average Bonchev–Trinajstić information content (AvgIpc) is 2.90. The van der Waals surface area contributed by atoms with Crippen molar-refractivity contribution in [1.82, 2.24) is 30.4 Å². The maximum Gasteiger partial charge on any atom is 0.405 e. The van der Waals surface area contributed by atoms with E-state index in [1.807, 2.05) is 4.90 Å². The number of hydrogen-bond donors (Lipinski definition) is 2. The number of amides is 2. The summed E-state index contributed by atoms with van der Waals surface area (Å²) in [6, 6.07) is 5.92. The highest BCUT2D eigenvalue weighted by Gasteiger charge is 2.28. The Balaban J connectivity index is 1.34. The smallest absolute Gasteiger partial charge is 0.405 e. The molecule has 1 saturated heterocycles. The summed E-state index contributed by atoms with van der Waals surface area (Å²) in [6.07, 6.45) is 1.28. The van der Waals surface area contributed by atoms with Crippen molar-refractivity contribution in [3.05, 3.63) is 71.4 Å². The second-order valence-corrected chi connectivity index (χ2v) is 8.00. The highest BCUT2D eigenvalue weighted by atomic mass is 19.4. The fraction of sp³-hybridized carbons (Fsp3) is 0.250. The Kier molecular flexibility index (Phi) is 7.47. The molecule has 0 aromatic carbocycles. The number of aromatic hydroxyl groups is 1. The van der Waals surface area contributed by atoms with Gasteiger partial charge in [-0.1, -0.05) is 11.8 Å². The number of carbonyl (C=O) groups is 2. The van der Waals surface area contributed by atoms with Gasteiger partial charge in [-0.15, -0.1) is 10.2 Å². The first-order chi connectivity index (χ1) is 17.7. The number of hydrogen-bond acceptors (Lipinski definition) is 8. The van der Waals surface area contributed by atoms with Crippen molar-refractivity contribution in [2.24, 2.45) is 0 Å². The number of alkyl halides is 3. The molecule has 1 aliphatic rings. The van der Waals surface area contributed by atoms with E-state index in [1.54, 1.807) is 16.3 Å². The molecule has 1 aliphatic heterocycles. The van der Waals surface area contributed by atoms with Crippen molar-refractivity contribution in [3.63, 3.8) is 0 Å². The number of pyridine rings is 2. The van der Waals surface area contributed by atoms with Crippen LogP contribution in [0.5, 0.6) is 5.75 Å². The molecule has 0 atom stereocenters. The molecule has 2 amide bonds. The summed E-state index contributed by atoms with van der Waals surface area (Å²) < 4.78 is 36.8. The molecule has 1 fully saturated rings. The topological polar surface area (TPSA) is 124 Å². The molecule has 10 nitrogen and oxygen atoms in total. The zero-order chi connectivity index (χ0) is 26.4. The highest BCUT2D eigenvalue weighted by molar-refractivity contribution is 5.94. The maximum absolute atomic E-state index is 13.0. The molecule has 3 aromatic heterocycles. The summed E-state index contributed by atoms with van der Waals surface area (Å²) in [5, 5.41) is 18.9. The van der Waals surface area contributed by atoms with Gasteiger partial charge in [-0.3, -0.25) is 19.6 Å². The molecule has 37 heavy (non-hydrogen) atoms. The van der Waals surface area contributed by atoms with E-state index in [0.717, 1.165) is 0 Å². The van der Waals surface area contributed by atoms with Gasteiger partial charge in [-0.25, -0.2) is 0 Å². The third kappa shape index (κ3) is 6.91. The number of halogens is 3. The van der Waals surface area contributed by atoms with Crippen molar-refractivity contribution in [1.29, 1.82) is 0 Å². The number of nitrogens with one attached hydrogen (secondary N) is 1. The molecular weight excluding hydrogens is 491 g/mol. The summed E-state index contributed by atoms with van der Waals surface area (Å²) in [5.41, 5.74) is 1.20. The Bertz CT molecular complexity index is 1350. The lowest BCUT2D eigenvalue weighted by atomic mass is 10.1.